The molecule has 0 saturated carbocycles. The van der Waals surface area contributed by atoms with Crippen molar-refractivity contribution in [3.63, 3.8) is 0 Å². The van der Waals surface area contributed by atoms with Gasteiger partial charge in [-0.1, -0.05) is 47.8 Å². The standard InChI is InChI=1S/C8H12Cl3NO/c1-3-4-5-6(2)13-7(12)8(9,10)11/h4-6,12H,3H2,1-2H3. The zero-order valence-corrected chi connectivity index (χ0v) is 9.75. The van der Waals surface area contributed by atoms with Crippen molar-refractivity contribution in [2.45, 2.75) is 30.2 Å². The van der Waals surface area contributed by atoms with Gasteiger partial charge >= 0.3 is 0 Å². The fourth-order valence-electron chi connectivity index (χ4n) is 0.620. The zero-order chi connectivity index (χ0) is 10.5. The first-order valence-electron chi connectivity index (χ1n) is 3.87. The summed E-state index contributed by atoms with van der Waals surface area (Å²) in [5.41, 5.74) is 0. The molecule has 1 atom stereocenters. The molecular weight excluding hydrogens is 232 g/mol. The fourth-order valence-corrected chi connectivity index (χ4v) is 0.753. The van der Waals surface area contributed by atoms with E-state index in [0.717, 1.165) is 6.42 Å². The van der Waals surface area contributed by atoms with E-state index >= 15 is 0 Å². The molecule has 0 aliphatic rings. The molecule has 13 heavy (non-hydrogen) atoms. The van der Waals surface area contributed by atoms with Gasteiger partial charge in [0.1, 0.15) is 6.10 Å². The van der Waals surface area contributed by atoms with Crippen molar-refractivity contribution >= 4 is 40.7 Å². The molecule has 0 radical (unpaired) electrons. The van der Waals surface area contributed by atoms with Gasteiger partial charge in [-0.2, -0.15) is 0 Å². The van der Waals surface area contributed by atoms with Gasteiger partial charge in [-0.3, -0.25) is 5.41 Å². The minimum Gasteiger partial charge on any atom is -0.471 e. The highest BCUT2D eigenvalue weighted by atomic mass is 35.6. The molecule has 1 N–H and O–H groups in total. The van der Waals surface area contributed by atoms with Crippen molar-refractivity contribution in [1.29, 1.82) is 5.41 Å². The van der Waals surface area contributed by atoms with Crippen LogP contribution in [0, 0.1) is 5.41 Å². The number of halogens is 3. The van der Waals surface area contributed by atoms with Crippen LogP contribution in [-0.2, 0) is 4.74 Å². The van der Waals surface area contributed by atoms with Crippen molar-refractivity contribution in [2.24, 2.45) is 0 Å². The van der Waals surface area contributed by atoms with Crippen LogP contribution in [-0.4, -0.2) is 15.8 Å². The van der Waals surface area contributed by atoms with Gasteiger partial charge in [0.25, 0.3) is 3.79 Å². The lowest BCUT2D eigenvalue weighted by Gasteiger charge is -2.16. The van der Waals surface area contributed by atoms with Crippen molar-refractivity contribution in [1.82, 2.24) is 0 Å². The molecule has 0 aromatic rings. The summed E-state index contributed by atoms with van der Waals surface area (Å²) in [5.74, 6) is -0.356. The lowest BCUT2D eigenvalue weighted by atomic mass is 10.3. The molecule has 0 fully saturated rings. The first-order valence-corrected chi connectivity index (χ1v) is 5.00. The number of hydrogen-bond donors (Lipinski definition) is 1. The van der Waals surface area contributed by atoms with Crippen LogP contribution in [0.4, 0.5) is 0 Å². The third kappa shape index (κ3) is 6.19. The van der Waals surface area contributed by atoms with Crippen molar-refractivity contribution in [3.8, 4) is 0 Å². The Morgan fingerprint density at radius 1 is 1.54 bits per heavy atom. The zero-order valence-electron chi connectivity index (χ0n) is 7.48. The summed E-state index contributed by atoms with van der Waals surface area (Å²) < 4.78 is 3.25. The third-order valence-electron chi connectivity index (χ3n) is 1.20. The summed E-state index contributed by atoms with van der Waals surface area (Å²) >= 11 is 16.3. The summed E-state index contributed by atoms with van der Waals surface area (Å²) in [5, 5.41) is 7.25. The lowest BCUT2D eigenvalue weighted by molar-refractivity contribution is 0.248. The maximum absolute atomic E-state index is 7.25. The summed E-state index contributed by atoms with van der Waals surface area (Å²) in [6.45, 7) is 3.78. The quantitative estimate of drug-likeness (QED) is 0.349. The van der Waals surface area contributed by atoms with Crippen molar-refractivity contribution in [3.05, 3.63) is 12.2 Å². The Morgan fingerprint density at radius 3 is 2.46 bits per heavy atom. The largest absolute Gasteiger partial charge is 0.471 e. The molecule has 1 unspecified atom stereocenters. The second-order valence-corrected chi connectivity index (χ2v) is 4.77. The summed E-state index contributed by atoms with van der Waals surface area (Å²) in [6.07, 6.45) is 4.40. The SMILES string of the molecule is CCC=CC(C)OC(=N)C(Cl)(Cl)Cl. The molecule has 0 amide bonds. The van der Waals surface area contributed by atoms with Crippen molar-refractivity contribution in [2.75, 3.05) is 0 Å². The Labute approximate surface area is 93.3 Å². The number of allylic oxidation sites excluding steroid dienone is 1. The van der Waals surface area contributed by atoms with Gasteiger partial charge in [-0.15, -0.1) is 0 Å². The highest BCUT2D eigenvalue weighted by Crippen LogP contribution is 2.28. The molecule has 0 heterocycles. The summed E-state index contributed by atoms with van der Waals surface area (Å²) in [4.78, 5) is 0. The van der Waals surface area contributed by atoms with Crippen LogP contribution in [0.5, 0.6) is 0 Å². The number of hydrogen-bond acceptors (Lipinski definition) is 2. The highest BCUT2D eigenvalue weighted by molar-refractivity contribution is 6.76. The van der Waals surface area contributed by atoms with Gasteiger partial charge in [0.15, 0.2) is 0 Å². The molecule has 0 aliphatic heterocycles. The van der Waals surface area contributed by atoms with E-state index in [9.17, 15) is 0 Å². The normalized spacial score (nSPS) is 14.5. The molecular formula is C8H12Cl3NO. The Morgan fingerprint density at radius 2 is 2.08 bits per heavy atom. The molecule has 0 aromatic heterocycles. The maximum atomic E-state index is 7.25. The number of rotatable bonds is 3. The third-order valence-corrected chi connectivity index (χ3v) is 1.72. The molecule has 5 heteroatoms. The Bertz CT molecular complexity index is 198. The van der Waals surface area contributed by atoms with Crippen molar-refractivity contribution < 1.29 is 4.74 Å². The number of ether oxygens (including phenoxy) is 1. The summed E-state index contributed by atoms with van der Waals surface area (Å²) in [6, 6.07) is 0. The summed E-state index contributed by atoms with van der Waals surface area (Å²) in [7, 11) is 0. The molecule has 76 valence electrons. The van der Waals surface area contributed by atoms with Gasteiger partial charge in [0.05, 0.1) is 0 Å². The first kappa shape index (κ1) is 13.1. The Hall–Kier alpha value is 0.0800. The van der Waals surface area contributed by atoms with Crippen LogP contribution in [0.1, 0.15) is 20.3 Å². The second kappa shape index (κ2) is 5.74. The van der Waals surface area contributed by atoms with E-state index in [0.29, 0.717) is 0 Å². The smallest absolute Gasteiger partial charge is 0.265 e. The average molecular weight is 245 g/mol. The van der Waals surface area contributed by atoms with Gasteiger partial charge in [-0.05, 0) is 19.4 Å². The van der Waals surface area contributed by atoms with Gasteiger partial charge in [0, 0.05) is 0 Å². The van der Waals surface area contributed by atoms with E-state index in [1.807, 2.05) is 19.1 Å². The van der Waals surface area contributed by atoms with E-state index in [4.69, 9.17) is 44.9 Å². The Balaban J connectivity index is 4.00. The van der Waals surface area contributed by atoms with Gasteiger partial charge in [0.2, 0.25) is 5.90 Å². The highest BCUT2D eigenvalue weighted by Gasteiger charge is 2.29. The van der Waals surface area contributed by atoms with Crippen LogP contribution in [0.3, 0.4) is 0 Å². The average Bonchev–Trinajstić information content (AvgIpc) is 1.99. The van der Waals surface area contributed by atoms with Crippen LogP contribution >= 0.6 is 34.8 Å². The predicted octanol–water partition coefficient (Wildman–Crippen LogP) is 3.71. The second-order valence-electron chi connectivity index (χ2n) is 2.49. The first-order chi connectivity index (χ1) is 5.88. The molecule has 0 aromatic carbocycles. The van der Waals surface area contributed by atoms with Gasteiger partial charge < -0.3 is 4.74 Å². The Kier molecular flexibility index (Phi) is 5.77. The minimum atomic E-state index is -1.77. The van der Waals surface area contributed by atoms with E-state index in [2.05, 4.69) is 0 Å². The van der Waals surface area contributed by atoms with Gasteiger partial charge in [-0.25, -0.2) is 0 Å². The van der Waals surface area contributed by atoms with Crippen LogP contribution in [0.15, 0.2) is 12.2 Å². The monoisotopic (exact) mass is 243 g/mol. The molecule has 0 saturated heterocycles. The molecule has 0 bridgehead atoms. The molecule has 2 nitrogen and oxygen atoms in total. The molecule has 0 rings (SSSR count). The predicted molar refractivity (Wildman–Crippen MR) is 58.0 cm³/mol. The van der Waals surface area contributed by atoms with Crippen LogP contribution in [0.25, 0.3) is 0 Å². The molecule has 0 aliphatic carbocycles. The van der Waals surface area contributed by atoms with Crippen LogP contribution in [0.2, 0.25) is 0 Å². The number of alkyl halides is 3. The lowest BCUT2D eigenvalue weighted by Crippen LogP contribution is -2.24. The topological polar surface area (TPSA) is 33.1 Å². The van der Waals surface area contributed by atoms with Crippen LogP contribution < -0.4 is 0 Å². The fraction of sp³-hybridized carbons (Fsp3) is 0.625. The van der Waals surface area contributed by atoms with E-state index in [-0.39, 0.29) is 12.0 Å². The molecule has 0 spiro atoms. The maximum Gasteiger partial charge on any atom is 0.265 e. The van der Waals surface area contributed by atoms with E-state index in [1.54, 1.807) is 6.92 Å². The van der Waals surface area contributed by atoms with E-state index < -0.39 is 3.79 Å². The minimum absolute atomic E-state index is 0.247. The van der Waals surface area contributed by atoms with E-state index in [1.165, 1.54) is 0 Å². The number of nitrogens with one attached hydrogen (secondary N) is 1.